The minimum Gasteiger partial charge on any atom is -0.368 e. The molecule has 24 heteroatoms. The highest BCUT2D eigenvalue weighted by atomic mass is 32.5. The van der Waals surface area contributed by atoms with Crippen LogP contribution in [0.15, 0.2) is 94.7 Å². The van der Waals surface area contributed by atoms with Gasteiger partial charge in [-0.25, -0.2) is 0 Å². The second kappa shape index (κ2) is 15.8. The summed E-state index contributed by atoms with van der Waals surface area (Å²) in [5.74, 6) is -2.93. The molecule has 376 valence electrons. The predicted molar refractivity (Wildman–Crippen MR) is 227 cm³/mol. The fourth-order valence-electron chi connectivity index (χ4n) is 8.70. The van der Waals surface area contributed by atoms with E-state index >= 15 is 0 Å². The molecule has 2 aliphatic carbocycles. The number of hydrogen-bond acceptors (Lipinski definition) is 4. The van der Waals surface area contributed by atoms with Gasteiger partial charge in [-0.15, -0.1) is 0 Å². The number of carbonyl (C=O) groups excluding carboxylic acids is 2. The highest BCUT2D eigenvalue weighted by Gasteiger charge is 2.66. The quantitative estimate of drug-likeness (QED) is 0.165. The second-order valence-electron chi connectivity index (χ2n) is 17.6. The molecule has 0 aromatic heterocycles. The first-order chi connectivity index (χ1) is 30.9. The van der Waals surface area contributed by atoms with Gasteiger partial charge in [0.25, 0.3) is 0 Å². The molecule has 4 fully saturated rings. The number of amides is 2. The minimum atomic E-state index is -9.81. The van der Waals surface area contributed by atoms with Crippen LogP contribution >= 0.6 is 20.4 Å². The number of carbonyl (C=O) groups is 2. The van der Waals surface area contributed by atoms with Gasteiger partial charge in [0.15, 0.2) is 0 Å². The van der Waals surface area contributed by atoms with Gasteiger partial charge in [0.05, 0.1) is 11.1 Å². The Bertz CT molecular complexity index is 2430. The molecule has 68 heavy (non-hydrogen) atoms. The molecule has 4 atom stereocenters. The van der Waals surface area contributed by atoms with Crippen molar-refractivity contribution in [3.63, 3.8) is 0 Å². The van der Waals surface area contributed by atoms with Crippen LogP contribution in [-0.4, -0.2) is 74.0 Å². The van der Waals surface area contributed by atoms with Crippen molar-refractivity contribution in [1.29, 1.82) is 0 Å². The average molecular weight is 1030 g/mol. The number of halogens is 16. The van der Waals surface area contributed by atoms with E-state index in [1.807, 2.05) is 0 Å². The number of anilines is 2. The van der Waals surface area contributed by atoms with Gasteiger partial charge in [-0.2, -0.15) is 26.3 Å². The zero-order valence-corrected chi connectivity index (χ0v) is 37.6. The summed E-state index contributed by atoms with van der Waals surface area (Å²) in [5, 5.41) is 0. The van der Waals surface area contributed by atoms with Crippen molar-refractivity contribution in [1.82, 2.24) is 9.80 Å². The topological polar surface area (TPSA) is 47.1 Å². The standard InChI is InChI=1S/2C22H22F8N2OS/c2*1-14-5-6-16(22(23,24)25)12-20(14)31-7-9-32(10-8-31)21(33)19-13-18(19)15-3-2-4-17(11-15)34(26,27,28,29)30/h2*2-6,11-12,18-19H,7-10,13H2,1H3/t2*18-,19-/m10/s1. The second-order valence-corrected chi connectivity index (χ2v) is 22.4. The molecule has 2 amide bonds. The lowest BCUT2D eigenvalue weighted by atomic mass is 10.1. The molecule has 8 rings (SSSR count). The summed E-state index contributed by atoms with van der Waals surface area (Å²) in [4.78, 5) is 28.3. The maximum atomic E-state index is 13.1. The van der Waals surface area contributed by atoms with Crippen LogP contribution in [0.2, 0.25) is 0 Å². The lowest BCUT2D eigenvalue weighted by Gasteiger charge is -2.40. The van der Waals surface area contributed by atoms with Gasteiger partial charge in [0, 0.05) is 75.6 Å². The monoisotopic (exact) mass is 1030 g/mol. The van der Waals surface area contributed by atoms with E-state index < -0.39 is 77.4 Å². The number of nitrogens with zero attached hydrogens (tertiary/aromatic N) is 4. The zero-order valence-electron chi connectivity index (χ0n) is 35.9. The van der Waals surface area contributed by atoms with Crippen molar-refractivity contribution in [3.05, 3.63) is 118 Å². The van der Waals surface area contributed by atoms with Gasteiger partial charge in [-0.3, -0.25) is 9.59 Å². The SMILES string of the molecule is Cc1ccc(C(F)(F)F)cc1N1CCN(C(=O)[C@@H]2C[C@@H]2c2cccc(S(F)(F)(F)(F)F)c2)CC1.Cc1ccc(C(F)(F)F)cc1N1CCN(C(=O)[C@H]2C[C@H]2c2cccc(S(F)(F)(F)(F)F)c2)CC1. The summed E-state index contributed by atoms with van der Waals surface area (Å²) in [6.45, 7) is 5.54. The van der Waals surface area contributed by atoms with Crippen LogP contribution in [0, 0.1) is 25.7 Å². The van der Waals surface area contributed by atoms with E-state index in [0.29, 0.717) is 72.9 Å². The molecule has 2 saturated heterocycles. The van der Waals surface area contributed by atoms with Gasteiger partial charge < -0.3 is 19.6 Å². The predicted octanol–water partition coefficient (Wildman–Crippen LogP) is 14.2. The van der Waals surface area contributed by atoms with Crippen molar-refractivity contribution in [2.45, 2.75) is 60.7 Å². The third kappa shape index (κ3) is 11.7. The highest BCUT2D eigenvalue weighted by Crippen LogP contribution is 3.03. The molecule has 0 unspecified atom stereocenters. The van der Waals surface area contributed by atoms with E-state index in [-0.39, 0.29) is 62.0 Å². The van der Waals surface area contributed by atoms with E-state index in [2.05, 4.69) is 0 Å². The molecular weight excluding hydrogens is 985 g/mol. The Hall–Kier alpha value is -5.00. The van der Waals surface area contributed by atoms with E-state index in [1.54, 1.807) is 23.6 Å². The third-order valence-corrected chi connectivity index (χ3v) is 14.9. The lowest BCUT2D eigenvalue weighted by Crippen LogP contribution is -2.49. The number of aryl methyl sites for hydroxylation is 2. The summed E-state index contributed by atoms with van der Waals surface area (Å²) in [5.41, 5.74) is 0.753. The number of piperazine rings is 2. The van der Waals surface area contributed by atoms with Crippen LogP contribution in [0.5, 0.6) is 0 Å². The molecule has 6 nitrogen and oxygen atoms in total. The minimum absolute atomic E-state index is 0.0438. The fourth-order valence-corrected chi connectivity index (χ4v) is 10.1. The fraction of sp³-hybridized carbons (Fsp3) is 0.409. The summed E-state index contributed by atoms with van der Waals surface area (Å²) < 4.78 is 210. The molecule has 2 aliphatic heterocycles. The third-order valence-electron chi connectivity index (χ3n) is 12.6. The van der Waals surface area contributed by atoms with Gasteiger partial charge in [0.2, 0.25) is 11.8 Å². The summed E-state index contributed by atoms with van der Waals surface area (Å²) in [7, 11) is -19.6. The molecule has 4 aromatic carbocycles. The van der Waals surface area contributed by atoms with Crippen LogP contribution in [0.3, 0.4) is 0 Å². The smallest absolute Gasteiger partial charge is 0.368 e. The molecular formula is C44H44F16N4O2S2. The van der Waals surface area contributed by atoms with Crippen molar-refractivity contribution < 1.29 is 74.8 Å². The number of benzene rings is 4. The van der Waals surface area contributed by atoms with Gasteiger partial charge in [0.1, 0.15) is 9.79 Å². The van der Waals surface area contributed by atoms with E-state index in [9.17, 15) is 74.8 Å². The lowest BCUT2D eigenvalue weighted by molar-refractivity contribution is -0.138. The molecule has 0 N–H and O–H groups in total. The van der Waals surface area contributed by atoms with Crippen LogP contribution in [0.25, 0.3) is 0 Å². The van der Waals surface area contributed by atoms with Gasteiger partial charge in [-0.1, -0.05) is 75.3 Å². The van der Waals surface area contributed by atoms with E-state index in [0.717, 1.165) is 36.4 Å². The van der Waals surface area contributed by atoms with Gasteiger partial charge >= 0.3 is 32.8 Å². The molecule has 0 radical (unpaired) electrons. The molecule has 2 saturated carbocycles. The molecule has 2 heterocycles. The Balaban J connectivity index is 0.000000201. The van der Waals surface area contributed by atoms with Crippen LogP contribution in [0.1, 0.15) is 58.1 Å². The zero-order chi connectivity index (χ0) is 50.3. The summed E-state index contributed by atoms with van der Waals surface area (Å²) in [6.07, 6.45) is -8.43. The Kier molecular flexibility index (Phi) is 11.8. The van der Waals surface area contributed by atoms with Crippen LogP contribution in [0.4, 0.5) is 76.6 Å². The Morgan fingerprint density at radius 1 is 0.471 bits per heavy atom. The van der Waals surface area contributed by atoms with Crippen LogP contribution in [-0.2, 0) is 21.9 Å². The van der Waals surface area contributed by atoms with Crippen molar-refractivity contribution in [2.24, 2.45) is 11.8 Å². The number of rotatable bonds is 8. The highest BCUT2D eigenvalue weighted by molar-refractivity contribution is 8.46. The van der Waals surface area contributed by atoms with Crippen molar-refractivity contribution in [3.8, 4) is 0 Å². The van der Waals surface area contributed by atoms with E-state index in [1.165, 1.54) is 34.1 Å². The van der Waals surface area contributed by atoms with Crippen LogP contribution < -0.4 is 9.80 Å². The molecule has 4 aromatic rings. The first kappa shape index (κ1) is 50.9. The molecule has 4 aliphatic rings. The maximum absolute atomic E-state index is 13.1. The maximum Gasteiger partial charge on any atom is 0.416 e. The Labute approximate surface area is 380 Å². The largest absolute Gasteiger partial charge is 0.416 e. The summed E-state index contributed by atoms with van der Waals surface area (Å²) >= 11 is 0. The van der Waals surface area contributed by atoms with E-state index in [4.69, 9.17) is 0 Å². The molecule has 0 spiro atoms. The summed E-state index contributed by atoms with van der Waals surface area (Å²) in [6, 6.07) is 12.9. The molecule has 0 bridgehead atoms. The van der Waals surface area contributed by atoms with Crippen molar-refractivity contribution in [2.75, 3.05) is 62.2 Å². The normalized spacial score (nSPS) is 23.3. The number of hydrogen-bond donors (Lipinski definition) is 0. The Morgan fingerprint density at radius 3 is 1.09 bits per heavy atom. The first-order valence-corrected chi connectivity index (χ1v) is 24.9. The first-order valence-electron chi connectivity index (χ1n) is 21.0. The average Bonchev–Trinajstić information content (AvgIpc) is 4.17. The van der Waals surface area contributed by atoms with Gasteiger partial charge in [-0.05, 0) is 109 Å². The number of alkyl halides is 6. The Morgan fingerprint density at radius 2 is 0.794 bits per heavy atom. The van der Waals surface area contributed by atoms with Crippen molar-refractivity contribution >= 4 is 43.6 Å².